The van der Waals surface area contributed by atoms with Crippen LogP contribution in [0.1, 0.15) is 47.1 Å². The van der Waals surface area contributed by atoms with Gasteiger partial charge in [-0.05, 0) is 56.7 Å². The van der Waals surface area contributed by atoms with Gasteiger partial charge < -0.3 is 30.0 Å². The Hall–Kier alpha value is -3.30. The Kier molecular flexibility index (Phi) is 9.07. The quantitative estimate of drug-likeness (QED) is 0.458. The Morgan fingerprint density at radius 2 is 1.76 bits per heavy atom. The molecule has 2 rings (SSSR count). The summed E-state index contributed by atoms with van der Waals surface area (Å²) in [4.78, 5) is 36.2. The molecule has 9 nitrogen and oxygen atoms in total. The summed E-state index contributed by atoms with van der Waals surface area (Å²) < 4.78 is 15.5. The number of benzene rings is 2. The fourth-order valence-electron chi connectivity index (χ4n) is 2.68. The molecule has 2 amide bonds. The van der Waals surface area contributed by atoms with E-state index in [0.717, 1.165) is 0 Å². The number of carbonyl (C=O) groups is 3. The maximum absolute atomic E-state index is 12.8. The Morgan fingerprint density at radius 1 is 1.03 bits per heavy atom. The highest BCUT2D eigenvalue weighted by Gasteiger charge is 2.18. The van der Waals surface area contributed by atoms with Gasteiger partial charge in [0, 0.05) is 19.3 Å². The number of hydrogen-bond acceptors (Lipinski definition) is 6. The first-order valence-electron chi connectivity index (χ1n) is 10.1. The second-order valence-corrected chi connectivity index (χ2v) is 8.39. The molecular formula is C23H27ClN2O7. The molecule has 0 bridgehead atoms. The topological polar surface area (TPSA) is 123 Å². The molecule has 0 aromatic heterocycles. The first-order valence-corrected chi connectivity index (χ1v) is 10.4. The molecule has 0 saturated carbocycles. The van der Waals surface area contributed by atoms with Crippen molar-refractivity contribution in [2.24, 2.45) is 0 Å². The number of anilines is 1. The zero-order chi connectivity index (χ0) is 24.6. The molecular weight excluding hydrogens is 452 g/mol. The van der Waals surface area contributed by atoms with Gasteiger partial charge in [0.2, 0.25) is 0 Å². The van der Waals surface area contributed by atoms with Gasteiger partial charge in [-0.3, -0.25) is 4.79 Å². The molecule has 0 aliphatic heterocycles. The molecule has 0 radical (unpaired) electrons. The van der Waals surface area contributed by atoms with Gasteiger partial charge in [0.1, 0.15) is 23.5 Å². The molecule has 0 aliphatic carbocycles. The van der Waals surface area contributed by atoms with Crippen molar-refractivity contribution in [2.75, 3.05) is 25.6 Å². The van der Waals surface area contributed by atoms with Crippen LogP contribution in [0.4, 0.5) is 10.5 Å². The lowest BCUT2D eigenvalue weighted by Crippen LogP contribution is -2.32. The Bertz CT molecular complexity index is 1020. The van der Waals surface area contributed by atoms with Crippen LogP contribution in [0.3, 0.4) is 0 Å². The molecule has 178 valence electrons. The number of rotatable bonds is 9. The summed E-state index contributed by atoms with van der Waals surface area (Å²) in [7, 11) is 1.51. The summed E-state index contributed by atoms with van der Waals surface area (Å²) in [6.45, 7) is 5.88. The molecule has 0 aliphatic rings. The summed E-state index contributed by atoms with van der Waals surface area (Å²) in [5.41, 5.74) is 0.310. The molecule has 0 unspecified atom stereocenters. The molecule has 0 heterocycles. The van der Waals surface area contributed by atoms with Gasteiger partial charge in [0.05, 0.1) is 17.2 Å². The van der Waals surface area contributed by atoms with E-state index in [0.29, 0.717) is 12.2 Å². The predicted octanol–water partition coefficient (Wildman–Crippen LogP) is 4.34. The van der Waals surface area contributed by atoms with Crippen LogP contribution in [-0.4, -0.2) is 49.0 Å². The van der Waals surface area contributed by atoms with Crippen LogP contribution < -0.4 is 15.4 Å². The number of amides is 2. The van der Waals surface area contributed by atoms with Crippen LogP contribution in [-0.2, 0) is 16.0 Å². The Labute approximate surface area is 197 Å². The molecule has 10 heteroatoms. The third-order valence-electron chi connectivity index (χ3n) is 4.12. The first kappa shape index (κ1) is 26.0. The molecule has 2 aromatic rings. The van der Waals surface area contributed by atoms with Crippen LogP contribution in [0.5, 0.6) is 5.75 Å². The SMILES string of the molecule is COCCOc1ccc(NC(=O)c2cc(CNC(=O)OC(C)(C)C)ccc2Cl)cc1C(=O)O. The van der Waals surface area contributed by atoms with E-state index in [9.17, 15) is 19.5 Å². The van der Waals surface area contributed by atoms with Crippen LogP contribution in [0.25, 0.3) is 0 Å². The number of nitrogens with one attached hydrogen (secondary N) is 2. The third-order valence-corrected chi connectivity index (χ3v) is 4.45. The van der Waals surface area contributed by atoms with Crippen molar-refractivity contribution in [1.82, 2.24) is 5.32 Å². The van der Waals surface area contributed by atoms with Crippen molar-refractivity contribution < 1.29 is 33.7 Å². The predicted molar refractivity (Wildman–Crippen MR) is 123 cm³/mol. The van der Waals surface area contributed by atoms with E-state index in [4.69, 9.17) is 25.8 Å². The van der Waals surface area contributed by atoms with E-state index >= 15 is 0 Å². The highest BCUT2D eigenvalue weighted by atomic mass is 35.5. The first-order chi connectivity index (χ1) is 15.5. The van der Waals surface area contributed by atoms with Crippen molar-refractivity contribution in [3.63, 3.8) is 0 Å². The van der Waals surface area contributed by atoms with E-state index < -0.39 is 23.6 Å². The zero-order valence-electron chi connectivity index (χ0n) is 18.9. The number of methoxy groups -OCH3 is 1. The summed E-state index contributed by atoms with van der Waals surface area (Å²) in [6.07, 6.45) is -0.586. The van der Waals surface area contributed by atoms with Crippen LogP contribution >= 0.6 is 11.6 Å². The number of carbonyl (C=O) groups excluding carboxylic acids is 2. The number of carboxylic acids is 1. The van der Waals surface area contributed by atoms with Crippen molar-refractivity contribution in [3.05, 3.63) is 58.1 Å². The van der Waals surface area contributed by atoms with Gasteiger partial charge in [-0.2, -0.15) is 0 Å². The Morgan fingerprint density at radius 3 is 2.39 bits per heavy atom. The van der Waals surface area contributed by atoms with Crippen LogP contribution in [0.15, 0.2) is 36.4 Å². The molecule has 0 saturated heterocycles. The zero-order valence-corrected chi connectivity index (χ0v) is 19.6. The van der Waals surface area contributed by atoms with Gasteiger partial charge in [-0.1, -0.05) is 17.7 Å². The molecule has 33 heavy (non-hydrogen) atoms. The van der Waals surface area contributed by atoms with Crippen LogP contribution in [0, 0.1) is 0 Å². The largest absolute Gasteiger partial charge is 0.490 e. The van der Waals surface area contributed by atoms with Crippen molar-refractivity contribution in [1.29, 1.82) is 0 Å². The van der Waals surface area contributed by atoms with E-state index in [-0.39, 0.29) is 40.7 Å². The fraction of sp³-hybridized carbons (Fsp3) is 0.348. The second kappa shape index (κ2) is 11.5. The van der Waals surface area contributed by atoms with Gasteiger partial charge >= 0.3 is 12.1 Å². The lowest BCUT2D eigenvalue weighted by molar-refractivity contribution is 0.0522. The fourth-order valence-corrected chi connectivity index (χ4v) is 2.88. The monoisotopic (exact) mass is 478 g/mol. The maximum atomic E-state index is 12.8. The highest BCUT2D eigenvalue weighted by Crippen LogP contribution is 2.25. The standard InChI is InChI=1S/C23H27ClN2O7/c1-23(2,3)33-22(30)25-13-14-5-7-18(24)16(11-14)20(27)26-15-6-8-19(32-10-9-31-4)17(12-15)21(28)29/h5-8,11-12H,9-10,13H2,1-4H3,(H,25,30)(H,26,27)(H,28,29). The summed E-state index contributed by atoms with van der Waals surface area (Å²) >= 11 is 6.19. The number of aromatic carboxylic acids is 1. The number of hydrogen-bond donors (Lipinski definition) is 3. The summed E-state index contributed by atoms with van der Waals surface area (Å²) in [5.74, 6) is -1.58. The normalized spacial score (nSPS) is 10.9. The smallest absolute Gasteiger partial charge is 0.407 e. The van der Waals surface area contributed by atoms with Crippen molar-refractivity contribution >= 4 is 35.3 Å². The molecule has 0 fully saturated rings. The minimum absolute atomic E-state index is 0.106. The molecule has 2 aromatic carbocycles. The van der Waals surface area contributed by atoms with Gasteiger partial charge in [-0.15, -0.1) is 0 Å². The number of alkyl carbamates (subject to hydrolysis) is 1. The number of halogens is 1. The average molecular weight is 479 g/mol. The molecule has 3 N–H and O–H groups in total. The van der Waals surface area contributed by atoms with Crippen molar-refractivity contribution in [3.8, 4) is 5.75 Å². The maximum Gasteiger partial charge on any atom is 0.407 e. The van der Waals surface area contributed by atoms with Gasteiger partial charge in [0.15, 0.2) is 0 Å². The van der Waals surface area contributed by atoms with E-state index in [1.54, 1.807) is 26.8 Å². The minimum atomic E-state index is -1.20. The van der Waals surface area contributed by atoms with E-state index in [1.165, 1.54) is 37.4 Å². The average Bonchev–Trinajstić information content (AvgIpc) is 2.72. The summed E-state index contributed by atoms with van der Waals surface area (Å²) in [6, 6.07) is 9.02. The lowest BCUT2D eigenvalue weighted by atomic mass is 10.1. The van der Waals surface area contributed by atoms with Gasteiger partial charge in [-0.25, -0.2) is 9.59 Å². The summed E-state index contributed by atoms with van der Waals surface area (Å²) in [5, 5.41) is 14.9. The molecule has 0 atom stereocenters. The third kappa shape index (κ3) is 8.28. The van der Waals surface area contributed by atoms with E-state index in [2.05, 4.69) is 10.6 Å². The van der Waals surface area contributed by atoms with Crippen molar-refractivity contribution in [2.45, 2.75) is 32.9 Å². The number of ether oxygens (including phenoxy) is 3. The number of carboxylic acid groups (broad SMARTS) is 1. The Balaban J connectivity index is 2.13. The van der Waals surface area contributed by atoms with Gasteiger partial charge in [0.25, 0.3) is 5.91 Å². The highest BCUT2D eigenvalue weighted by molar-refractivity contribution is 6.34. The minimum Gasteiger partial charge on any atom is -0.490 e. The lowest BCUT2D eigenvalue weighted by Gasteiger charge is -2.19. The van der Waals surface area contributed by atoms with Crippen LogP contribution in [0.2, 0.25) is 5.02 Å². The molecule has 0 spiro atoms. The van der Waals surface area contributed by atoms with E-state index in [1.807, 2.05) is 0 Å². The second-order valence-electron chi connectivity index (χ2n) is 7.98.